The fourth-order valence-electron chi connectivity index (χ4n) is 0.486. The minimum absolute atomic E-state index is 0. The molecule has 0 aliphatic heterocycles. The van der Waals surface area contributed by atoms with Crippen molar-refractivity contribution in [3.8, 4) is 0 Å². The van der Waals surface area contributed by atoms with E-state index in [0.29, 0.717) is 0 Å². The van der Waals surface area contributed by atoms with Crippen molar-refractivity contribution in [2.24, 2.45) is 10.5 Å². The van der Waals surface area contributed by atoms with Gasteiger partial charge in [-0.05, 0) is 0 Å². The minimum atomic E-state index is -5.09. The molecule has 3 N–H and O–H groups in total. The van der Waals surface area contributed by atoms with Gasteiger partial charge in [0.1, 0.15) is 6.54 Å². The number of nitrogens with zero attached hydrogens (tertiary/aromatic N) is 2. The van der Waals surface area contributed by atoms with Gasteiger partial charge in [-0.2, -0.15) is 0 Å². The van der Waals surface area contributed by atoms with Gasteiger partial charge in [-0.3, -0.25) is 4.79 Å². The first-order valence-electron chi connectivity index (χ1n) is 3.03. The van der Waals surface area contributed by atoms with E-state index < -0.39 is 26.2 Å². The Balaban J connectivity index is -0.000000720. The minimum Gasteiger partial charge on any atom is -0.793 e. The molecule has 8 nitrogen and oxygen atoms in total. The van der Waals surface area contributed by atoms with E-state index in [1.807, 2.05) is 0 Å². The molecule has 11 heteroatoms. The zero-order valence-corrected chi connectivity index (χ0v) is 15.8. The quantitative estimate of drug-likeness (QED) is 0.227. The summed E-state index contributed by atoms with van der Waals surface area (Å²) in [5.41, 5.74) is 4.99. The van der Waals surface area contributed by atoms with Crippen LogP contribution in [0.25, 0.3) is 0 Å². The van der Waals surface area contributed by atoms with Crippen molar-refractivity contribution >= 4 is 19.7 Å². The van der Waals surface area contributed by atoms with E-state index >= 15 is 0 Å². The summed E-state index contributed by atoms with van der Waals surface area (Å²) in [7, 11) is -3.89. The van der Waals surface area contributed by atoms with E-state index in [4.69, 9.17) is 10.8 Å². The van der Waals surface area contributed by atoms with Crippen LogP contribution in [-0.2, 0) is 9.36 Å². The summed E-state index contributed by atoms with van der Waals surface area (Å²) in [6.07, 6.45) is 0. The number of nitrogens with two attached hydrogens (primary N) is 1. The first kappa shape index (κ1) is 22.4. The van der Waals surface area contributed by atoms with Crippen molar-refractivity contribution < 1.29 is 127 Å². The summed E-state index contributed by atoms with van der Waals surface area (Å²) in [5, 5.41) is 8.25. The molecular weight excluding hydrogens is 279 g/mol. The van der Waals surface area contributed by atoms with Crippen LogP contribution in [0.3, 0.4) is 0 Å². The number of rotatable bonds is 3. The van der Waals surface area contributed by atoms with E-state index in [2.05, 4.69) is 4.76 Å². The van der Waals surface area contributed by atoms with Crippen molar-refractivity contribution in [1.29, 1.82) is 0 Å². The molecule has 0 amide bonds. The fourth-order valence-corrected chi connectivity index (χ4v) is 0.889. The predicted molar refractivity (Wildman–Crippen MR) is 39.5 cm³/mol. The number of carboxylic acid groups (broad SMARTS) is 1. The number of carbonyl (C=O) groups is 1. The van der Waals surface area contributed by atoms with Crippen molar-refractivity contribution in [2.45, 2.75) is 0 Å². The first-order valence-corrected chi connectivity index (χ1v) is 4.52. The molecule has 76 valence electrons. The molecule has 0 unspecified atom stereocenters. The number of guanidine groups is 1. The van der Waals surface area contributed by atoms with Crippen LogP contribution in [0.2, 0.25) is 0 Å². The molecule has 0 spiro atoms. The maximum absolute atomic E-state index is 10.1. The number of hydrogen-bond acceptors (Lipinski definition) is 4. The Labute approximate surface area is 172 Å². The topological polar surface area (TPSA) is 142 Å². The van der Waals surface area contributed by atoms with Gasteiger partial charge in [0.25, 0.3) is 0 Å². The summed E-state index contributed by atoms with van der Waals surface area (Å²) >= 11 is 0. The Morgan fingerprint density at radius 3 is 2.20 bits per heavy atom. The Kier molecular flexibility index (Phi) is 15.1. The predicted octanol–water partition coefficient (Wildman–Crippen LogP) is -8.85. The van der Waals surface area contributed by atoms with Gasteiger partial charge in [-0.15, -0.1) is 0 Å². The zero-order chi connectivity index (χ0) is 10.6. The summed E-state index contributed by atoms with van der Waals surface area (Å²) in [5.74, 6) is -1.86. The van der Waals surface area contributed by atoms with Gasteiger partial charge in [0, 0.05) is 7.05 Å². The van der Waals surface area contributed by atoms with Crippen molar-refractivity contribution in [1.82, 2.24) is 4.90 Å². The van der Waals surface area contributed by atoms with Crippen molar-refractivity contribution in [3.05, 3.63) is 0 Å². The van der Waals surface area contributed by atoms with Gasteiger partial charge < -0.3 is 30.1 Å². The molecule has 0 saturated heterocycles. The average Bonchev–Trinajstić information content (AvgIpc) is 1.81. The van der Waals surface area contributed by atoms with E-state index in [1.165, 1.54) is 7.05 Å². The molecular formula is C4H8K2N3O5P. The molecule has 0 aromatic rings. The number of likely N-dealkylation sites (N-methyl/N-ethyl adjacent to an activating group) is 1. The average molecular weight is 287 g/mol. The zero-order valence-electron chi connectivity index (χ0n) is 8.71. The van der Waals surface area contributed by atoms with E-state index in [-0.39, 0.29) is 103 Å². The Hall–Kier alpha value is 2.16. The molecule has 0 bridgehead atoms. The molecule has 0 rings (SSSR count). The van der Waals surface area contributed by atoms with E-state index in [0.717, 1.165) is 4.90 Å². The van der Waals surface area contributed by atoms with Gasteiger partial charge in [-0.1, -0.05) is 0 Å². The van der Waals surface area contributed by atoms with Crippen molar-refractivity contribution in [3.63, 3.8) is 0 Å². The molecule has 0 saturated carbocycles. The molecule has 0 aliphatic rings. The van der Waals surface area contributed by atoms with Crippen LogP contribution in [0.4, 0.5) is 0 Å². The summed E-state index contributed by atoms with van der Waals surface area (Å²) in [4.78, 5) is 31.1. The summed E-state index contributed by atoms with van der Waals surface area (Å²) < 4.78 is 12.6. The van der Waals surface area contributed by atoms with Gasteiger partial charge in [-0.25, -0.2) is 4.76 Å². The van der Waals surface area contributed by atoms with Crippen LogP contribution in [0, 0.1) is 0 Å². The third-order valence-electron chi connectivity index (χ3n) is 0.988. The molecule has 0 aromatic heterocycles. The normalized spacial score (nSPS) is 11.0. The molecule has 0 fully saturated rings. The molecule has 0 aliphatic carbocycles. The number of aliphatic carboxylic acids is 1. The molecule has 15 heavy (non-hydrogen) atoms. The van der Waals surface area contributed by atoms with Crippen molar-refractivity contribution in [2.75, 3.05) is 13.6 Å². The summed E-state index contributed by atoms with van der Waals surface area (Å²) in [6, 6.07) is 0. The number of carboxylic acids is 1. The second-order valence-electron chi connectivity index (χ2n) is 2.18. The Bertz CT molecular complexity index is 279. The largest absolute Gasteiger partial charge is 1.00 e. The third-order valence-corrected chi connectivity index (χ3v) is 1.44. The maximum atomic E-state index is 10.1. The van der Waals surface area contributed by atoms with E-state index in [9.17, 15) is 19.1 Å². The Morgan fingerprint density at radius 1 is 1.53 bits per heavy atom. The second-order valence-corrected chi connectivity index (χ2v) is 3.31. The molecule has 0 aromatic carbocycles. The SMILES string of the molecule is CN(CC(=O)O)/C(N)=N/P(=O)([O-])[O-].[K+].[K+]. The summed E-state index contributed by atoms with van der Waals surface area (Å²) in [6.45, 7) is -0.532. The van der Waals surface area contributed by atoms with Gasteiger partial charge in [0.2, 0.25) is 0 Å². The molecule has 0 heterocycles. The first-order chi connectivity index (χ1) is 5.72. The standard InChI is InChI=1S/C4H10N3O5P.2K/c1-7(2-3(8)9)4(5)6-13(10,11)12;;/h2H2,1H3,(H,8,9)(H4,5,6,10,11,12);;/q;2*+1/p-2. The van der Waals surface area contributed by atoms with E-state index in [1.54, 1.807) is 0 Å². The van der Waals surface area contributed by atoms with Gasteiger partial charge in [0.15, 0.2) is 5.96 Å². The van der Waals surface area contributed by atoms with Gasteiger partial charge in [0.05, 0.1) is 7.75 Å². The van der Waals surface area contributed by atoms with Crippen LogP contribution in [0.5, 0.6) is 0 Å². The van der Waals surface area contributed by atoms with Gasteiger partial charge >= 0.3 is 109 Å². The smallest absolute Gasteiger partial charge is 0.793 e. The van der Waals surface area contributed by atoms with Crippen LogP contribution in [-0.4, -0.2) is 35.5 Å². The molecule has 0 atom stereocenters. The molecule has 0 radical (unpaired) electrons. The Morgan fingerprint density at radius 2 is 1.93 bits per heavy atom. The third kappa shape index (κ3) is 14.1. The number of hydrogen-bond donors (Lipinski definition) is 2. The van der Waals surface area contributed by atoms with Crippen LogP contribution in [0.1, 0.15) is 0 Å². The second kappa shape index (κ2) is 10.1. The van der Waals surface area contributed by atoms with Crippen LogP contribution >= 0.6 is 7.75 Å². The maximum Gasteiger partial charge on any atom is 1.00 e. The monoisotopic (exact) mass is 287 g/mol. The fraction of sp³-hybridized carbons (Fsp3) is 0.500. The van der Waals surface area contributed by atoms with Crippen LogP contribution < -0.4 is 118 Å². The van der Waals surface area contributed by atoms with Crippen LogP contribution in [0.15, 0.2) is 4.76 Å².